The van der Waals surface area contributed by atoms with E-state index >= 15 is 0 Å². The molecule has 0 N–H and O–H groups in total. The zero-order chi connectivity index (χ0) is 15.0. The molecule has 0 saturated carbocycles. The van der Waals surface area contributed by atoms with Crippen LogP contribution in [0.15, 0.2) is 35.7 Å². The second-order valence-corrected chi connectivity index (χ2v) is 7.62. The molecule has 0 spiro atoms. The molecule has 0 saturated heterocycles. The lowest BCUT2D eigenvalue weighted by Crippen LogP contribution is -2.45. The molecule has 2 heterocycles. The maximum atomic E-state index is 2.43. The van der Waals surface area contributed by atoms with Crippen LogP contribution in [0.2, 0.25) is 0 Å². The first-order chi connectivity index (χ1) is 9.97. The molecule has 1 aromatic heterocycles. The Balaban J connectivity index is 1.93. The summed E-state index contributed by atoms with van der Waals surface area (Å²) in [6.45, 7) is 7.01. The highest BCUT2D eigenvalue weighted by Crippen LogP contribution is 2.42. The molecule has 2 heteroatoms. The summed E-state index contributed by atoms with van der Waals surface area (Å²) in [6.07, 6.45) is 5.63. The van der Waals surface area contributed by atoms with Crippen LogP contribution in [0.4, 0.5) is 5.69 Å². The molecule has 2 aromatic rings. The van der Waals surface area contributed by atoms with E-state index in [4.69, 9.17) is 0 Å². The zero-order valence-electron chi connectivity index (χ0n) is 13.3. The van der Waals surface area contributed by atoms with Gasteiger partial charge in [-0.15, -0.1) is 11.3 Å². The summed E-state index contributed by atoms with van der Waals surface area (Å²) < 4.78 is 0. The fourth-order valence-corrected chi connectivity index (χ4v) is 3.88. The van der Waals surface area contributed by atoms with Gasteiger partial charge < -0.3 is 4.90 Å². The van der Waals surface area contributed by atoms with Crippen LogP contribution in [0, 0.1) is 0 Å². The lowest BCUT2D eigenvalue weighted by Gasteiger charge is -2.45. The molecule has 1 unspecified atom stereocenters. The summed E-state index contributed by atoms with van der Waals surface area (Å²) in [4.78, 5) is 3.73. The van der Waals surface area contributed by atoms with Gasteiger partial charge in [-0.05, 0) is 67.0 Å². The third-order valence-electron chi connectivity index (χ3n) is 4.64. The second kappa shape index (κ2) is 5.34. The lowest BCUT2D eigenvalue weighted by atomic mass is 9.80. The SMILES string of the molecule is CC1CC(C)(C)N(C)c2ccc(/C=C/c3cccs3)cc21. The second-order valence-electron chi connectivity index (χ2n) is 6.64. The topological polar surface area (TPSA) is 3.24 Å². The van der Waals surface area contributed by atoms with Gasteiger partial charge in [-0.3, -0.25) is 0 Å². The molecule has 21 heavy (non-hydrogen) atoms. The molecular formula is C19H23NS. The van der Waals surface area contributed by atoms with Crippen LogP contribution < -0.4 is 4.90 Å². The Hall–Kier alpha value is -1.54. The van der Waals surface area contributed by atoms with Crippen LogP contribution in [0.5, 0.6) is 0 Å². The van der Waals surface area contributed by atoms with Gasteiger partial charge in [0.1, 0.15) is 0 Å². The first-order valence-electron chi connectivity index (χ1n) is 7.57. The Labute approximate surface area is 131 Å². The molecule has 0 radical (unpaired) electrons. The minimum atomic E-state index is 0.237. The molecule has 1 aliphatic heterocycles. The Morgan fingerprint density at radius 1 is 1.24 bits per heavy atom. The summed E-state index contributed by atoms with van der Waals surface area (Å²) in [7, 11) is 2.21. The van der Waals surface area contributed by atoms with Crippen LogP contribution >= 0.6 is 11.3 Å². The van der Waals surface area contributed by atoms with E-state index in [9.17, 15) is 0 Å². The standard InChI is InChI=1S/C19H23NS/c1-14-13-19(2,3)20(4)18-10-8-15(12-17(14)18)7-9-16-6-5-11-21-16/h5-12,14H,13H2,1-4H3/b9-7+. The maximum Gasteiger partial charge on any atom is 0.0403 e. The number of fused-ring (bicyclic) bond motifs is 1. The largest absolute Gasteiger partial charge is 0.369 e. The highest BCUT2D eigenvalue weighted by atomic mass is 32.1. The average molecular weight is 297 g/mol. The van der Waals surface area contributed by atoms with E-state index in [2.05, 4.69) is 80.6 Å². The van der Waals surface area contributed by atoms with E-state index in [-0.39, 0.29) is 5.54 Å². The van der Waals surface area contributed by atoms with E-state index in [0.29, 0.717) is 5.92 Å². The predicted octanol–water partition coefficient (Wildman–Crippen LogP) is 5.64. The number of thiophene rings is 1. The summed E-state index contributed by atoms with van der Waals surface area (Å²) in [5, 5.41) is 2.12. The van der Waals surface area contributed by atoms with Crippen molar-refractivity contribution in [3.05, 3.63) is 51.7 Å². The number of rotatable bonds is 2. The van der Waals surface area contributed by atoms with E-state index in [1.54, 1.807) is 11.3 Å². The molecule has 1 aromatic carbocycles. The van der Waals surface area contributed by atoms with E-state index in [1.807, 2.05) is 0 Å². The molecule has 1 nitrogen and oxygen atoms in total. The van der Waals surface area contributed by atoms with Crippen molar-refractivity contribution >= 4 is 29.2 Å². The van der Waals surface area contributed by atoms with Crippen LogP contribution in [0.3, 0.4) is 0 Å². The van der Waals surface area contributed by atoms with Crippen molar-refractivity contribution in [3.63, 3.8) is 0 Å². The number of hydrogen-bond donors (Lipinski definition) is 0. The molecule has 1 atom stereocenters. The van der Waals surface area contributed by atoms with E-state index in [1.165, 1.54) is 28.1 Å². The first kappa shape index (κ1) is 14.4. The van der Waals surface area contributed by atoms with Gasteiger partial charge in [0.15, 0.2) is 0 Å². The maximum absolute atomic E-state index is 2.43. The minimum Gasteiger partial charge on any atom is -0.369 e. The molecular weight excluding hydrogens is 274 g/mol. The molecule has 0 aliphatic carbocycles. The van der Waals surface area contributed by atoms with Crippen molar-refractivity contribution in [2.45, 2.75) is 38.6 Å². The van der Waals surface area contributed by atoms with Crippen LogP contribution in [-0.4, -0.2) is 12.6 Å². The third-order valence-corrected chi connectivity index (χ3v) is 5.48. The van der Waals surface area contributed by atoms with Crippen LogP contribution in [0.1, 0.15) is 49.1 Å². The Morgan fingerprint density at radius 2 is 2.05 bits per heavy atom. The number of benzene rings is 1. The Morgan fingerprint density at radius 3 is 2.76 bits per heavy atom. The van der Waals surface area contributed by atoms with Gasteiger partial charge in [-0.25, -0.2) is 0 Å². The smallest absolute Gasteiger partial charge is 0.0403 e. The van der Waals surface area contributed by atoms with Gasteiger partial charge in [-0.1, -0.05) is 25.1 Å². The Kier molecular flexibility index (Phi) is 3.66. The van der Waals surface area contributed by atoms with Crippen LogP contribution in [0.25, 0.3) is 12.2 Å². The van der Waals surface area contributed by atoms with Gasteiger partial charge >= 0.3 is 0 Å². The molecule has 1 aliphatic rings. The molecule has 0 amide bonds. The third kappa shape index (κ3) is 2.77. The van der Waals surface area contributed by atoms with Crippen molar-refractivity contribution in [2.24, 2.45) is 0 Å². The molecule has 0 fully saturated rings. The average Bonchev–Trinajstić information content (AvgIpc) is 2.95. The molecule has 110 valence electrons. The Bertz CT molecular complexity index is 652. The zero-order valence-corrected chi connectivity index (χ0v) is 14.1. The van der Waals surface area contributed by atoms with Crippen molar-refractivity contribution in [1.82, 2.24) is 0 Å². The number of nitrogens with zero attached hydrogens (tertiary/aromatic N) is 1. The van der Waals surface area contributed by atoms with E-state index < -0.39 is 0 Å². The van der Waals surface area contributed by atoms with Gasteiger partial charge in [0.2, 0.25) is 0 Å². The predicted molar refractivity (Wildman–Crippen MR) is 95.2 cm³/mol. The quantitative estimate of drug-likeness (QED) is 0.693. The summed E-state index contributed by atoms with van der Waals surface area (Å²) in [5.41, 5.74) is 4.39. The fourth-order valence-electron chi connectivity index (χ4n) is 3.26. The van der Waals surface area contributed by atoms with Crippen molar-refractivity contribution < 1.29 is 0 Å². The monoisotopic (exact) mass is 297 g/mol. The highest BCUT2D eigenvalue weighted by Gasteiger charge is 2.33. The van der Waals surface area contributed by atoms with Crippen LogP contribution in [-0.2, 0) is 0 Å². The number of hydrogen-bond acceptors (Lipinski definition) is 2. The lowest BCUT2D eigenvalue weighted by molar-refractivity contribution is 0.395. The van der Waals surface area contributed by atoms with Gasteiger partial charge in [-0.2, -0.15) is 0 Å². The van der Waals surface area contributed by atoms with Crippen molar-refractivity contribution in [1.29, 1.82) is 0 Å². The summed E-state index contributed by atoms with van der Waals surface area (Å²) >= 11 is 1.78. The van der Waals surface area contributed by atoms with Gasteiger partial charge in [0.25, 0.3) is 0 Å². The fraction of sp³-hybridized carbons (Fsp3) is 0.368. The van der Waals surface area contributed by atoms with Gasteiger partial charge in [0.05, 0.1) is 0 Å². The summed E-state index contributed by atoms with van der Waals surface area (Å²) in [5.74, 6) is 0.612. The highest BCUT2D eigenvalue weighted by molar-refractivity contribution is 7.10. The minimum absolute atomic E-state index is 0.237. The summed E-state index contributed by atoms with van der Waals surface area (Å²) in [6, 6.07) is 11.1. The van der Waals surface area contributed by atoms with Crippen molar-refractivity contribution in [3.8, 4) is 0 Å². The normalized spacial score (nSPS) is 20.8. The number of anilines is 1. The van der Waals surface area contributed by atoms with E-state index in [0.717, 1.165) is 0 Å². The molecule has 0 bridgehead atoms. The van der Waals surface area contributed by atoms with Gasteiger partial charge in [0, 0.05) is 23.2 Å². The van der Waals surface area contributed by atoms with Crippen molar-refractivity contribution in [2.75, 3.05) is 11.9 Å². The first-order valence-corrected chi connectivity index (χ1v) is 8.45. The molecule has 3 rings (SSSR count).